The van der Waals surface area contributed by atoms with Gasteiger partial charge < -0.3 is 10.5 Å². The Labute approximate surface area is 72.6 Å². The van der Waals surface area contributed by atoms with Crippen LogP contribution >= 0.6 is 0 Å². The van der Waals surface area contributed by atoms with E-state index < -0.39 is 10.2 Å². The predicted octanol–water partition coefficient (Wildman–Crippen LogP) is -1.90. The van der Waals surface area contributed by atoms with Crippen LogP contribution in [0, 0.1) is 0 Å². The second-order valence-electron chi connectivity index (χ2n) is 2.54. The van der Waals surface area contributed by atoms with Crippen molar-refractivity contribution in [2.45, 2.75) is 6.04 Å². The van der Waals surface area contributed by atoms with Crippen LogP contribution in [0.2, 0.25) is 0 Å². The summed E-state index contributed by atoms with van der Waals surface area (Å²) in [4.78, 5) is 0. The van der Waals surface area contributed by atoms with Crippen molar-refractivity contribution in [3.63, 3.8) is 0 Å². The molecule has 0 amide bonds. The van der Waals surface area contributed by atoms with Gasteiger partial charge in [-0.05, 0) is 0 Å². The van der Waals surface area contributed by atoms with Crippen molar-refractivity contribution in [3.8, 4) is 0 Å². The molecule has 0 heterocycles. The lowest BCUT2D eigenvalue weighted by atomic mass is 10.3. The van der Waals surface area contributed by atoms with Crippen molar-refractivity contribution in [1.29, 1.82) is 0 Å². The maximum Gasteiger partial charge on any atom is 0.276 e. The molecule has 7 heteroatoms. The first-order chi connectivity index (χ1) is 5.38. The number of nitrogens with zero attached hydrogens (tertiary/aromatic N) is 1. The standard InChI is InChI=1S/C5H15N3O3S/c1-8(12(7,9)10)3-5(6)4-11-2/h5H,3-4,6H2,1-2H3,(H2,7,9,10). The zero-order valence-corrected chi connectivity index (χ0v) is 8.04. The van der Waals surface area contributed by atoms with Gasteiger partial charge in [0.25, 0.3) is 10.2 Å². The number of likely N-dealkylation sites (N-methyl/N-ethyl adjacent to an activating group) is 1. The Morgan fingerprint density at radius 2 is 2.08 bits per heavy atom. The second kappa shape index (κ2) is 4.73. The molecule has 0 aliphatic heterocycles. The van der Waals surface area contributed by atoms with E-state index in [9.17, 15) is 8.42 Å². The Balaban J connectivity index is 3.93. The molecular formula is C5H15N3O3S. The van der Waals surface area contributed by atoms with Crippen molar-refractivity contribution >= 4 is 10.2 Å². The Hall–Kier alpha value is -0.210. The average Bonchev–Trinajstić information content (AvgIpc) is 1.85. The van der Waals surface area contributed by atoms with E-state index in [4.69, 9.17) is 15.6 Å². The van der Waals surface area contributed by atoms with Crippen molar-refractivity contribution < 1.29 is 13.2 Å². The Bertz CT molecular complexity index is 216. The van der Waals surface area contributed by atoms with E-state index in [1.807, 2.05) is 0 Å². The van der Waals surface area contributed by atoms with Crippen LogP contribution in [0.15, 0.2) is 0 Å². The summed E-state index contributed by atoms with van der Waals surface area (Å²) in [5.41, 5.74) is 5.50. The van der Waals surface area contributed by atoms with Crippen LogP contribution < -0.4 is 10.9 Å². The summed E-state index contributed by atoms with van der Waals surface area (Å²) in [5.74, 6) is 0. The summed E-state index contributed by atoms with van der Waals surface area (Å²) in [6.07, 6.45) is 0. The summed E-state index contributed by atoms with van der Waals surface area (Å²) in [5, 5.41) is 4.83. The van der Waals surface area contributed by atoms with Gasteiger partial charge in [-0.25, -0.2) is 5.14 Å². The van der Waals surface area contributed by atoms with Crippen LogP contribution in [-0.4, -0.2) is 46.1 Å². The molecule has 1 unspecified atom stereocenters. The highest BCUT2D eigenvalue weighted by molar-refractivity contribution is 7.86. The van der Waals surface area contributed by atoms with Gasteiger partial charge in [0.15, 0.2) is 0 Å². The smallest absolute Gasteiger partial charge is 0.276 e. The van der Waals surface area contributed by atoms with E-state index in [-0.39, 0.29) is 12.6 Å². The van der Waals surface area contributed by atoms with Crippen LogP contribution in [0.4, 0.5) is 0 Å². The van der Waals surface area contributed by atoms with E-state index >= 15 is 0 Å². The van der Waals surface area contributed by atoms with Gasteiger partial charge in [-0.3, -0.25) is 0 Å². The Morgan fingerprint density at radius 1 is 1.58 bits per heavy atom. The largest absolute Gasteiger partial charge is 0.383 e. The summed E-state index contributed by atoms with van der Waals surface area (Å²) >= 11 is 0. The average molecular weight is 197 g/mol. The number of ether oxygens (including phenoxy) is 1. The fourth-order valence-electron chi connectivity index (χ4n) is 0.701. The summed E-state index contributed by atoms with van der Waals surface area (Å²) in [6.45, 7) is 0.465. The van der Waals surface area contributed by atoms with Crippen LogP contribution in [-0.2, 0) is 14.9 Å². The highest BCUT2D eigenvalue weighted by Gasteiger charge is 2.14. The molecule has 0 saturated carbocycles. The molecule has 1 atom stereocenters. The van der Waals surface area contributed by atoms with Crippen LogP contribution in [0.5, 0.6) is 0 Å². The number of rotatable bonds is 5. The summed E-state index contributed by atoms with van der Waals surface area (Å²) < 4.78 is 27.1. The number of hydrogen-bond donors (Lipinski definition) is 2. The van der Waals surface area contributed by atoms with E-state index in [1.54, 1.807) is 0 Å². The zero-order valence-electron chi connectivity index (χ0n) is 7.23. The van der Waals surface area contributed by atoms with E-state index in [0.717, 1.165) is 4.31 Å². The fraction of sp³-hybridized carbons (Fsp3) is 1.00. The lowest BCUT2D eigenvalue weighted by Crippen LogP contribution is -2.43. The number of nitrogens with two attached hydrogens (primary N) is 2. The van der Waals surface area contributed by atoms with Gasteiger partial charge in [0.2, 0.25) is 0 Å². The molecule has 0 bridgehead atoms. The first-order valence-corrected chi connectivity index (χ1v) is 4.87. The predicted molar refractivity (Wildman–Crippen MR) is 45.6 cm³/mol. The molecular weight excluding hydrogens is 182 g/mol. The highest BCUT2D eigenvalue weighted by Crippen LogP contribution is 1.91. The molecule has 0 aliphatic rings. The van der Waals surface area contributed by atoms with Gasteiger partial charge in [-0.1, -0.05) is 0 Å². The minimum Gasteiger partial charge on any atom is -0.383 e. The van der Waals surface area contributed by atoms with Gasteiger partial charge in [0, 0.05) is 26.7 Å². The molecule has 0 aromatic carbocycles. The molecule has 6 nitrogen and oxygen atoms in total. The molecule has 74 valence electrons. The van der Waals surface area contributed by atoms with Crippen molar-refractivity contribution in [1.82, 2.24) is 4.31 Å². The molecule has 0 aromatic heterocycles. The van der Waals surface area contributed by atoms with E-state index in [2.05, 4.69) is 0 Å². The number of methoxy groups -OCH3 is 1. The van der Waals surface area contributed by atoms with E-state index in [0.29, 0.717) is 6.61 Å². The second-order valence-corrected chi connectivity index (χ2v) is 4.19. The molecule has 4 N–H and O–H groups in total. The normalized spacial score (nSPS) is 15.1. The Morgan fingerprint density at radius 3 is 2.42 bits per heavy atom. The molecule has 0 aromatic rings. The highest BCUT2D eigenvalue weighted by atomic mass is 32.2. The first kappa shape index (κ1) is 11.8. The molecule has 0 radical (unpaired) electrons. The minimum atomic E-state index is -3.62. The third-order valence-corrected chi connectivity index (χ3v) is 2.32. The molecule has 0 saturated heterocycles. The molecule has 12 heavy (non-hydrogen) atoms. The van der Waals surface area contributed by atoms with Crippen LogP contribution in [0.1, 0.15) is 0 Å². The van der Waals surface area contributed by atoms with Gasteiger partial charge >= 0.3 is 0 Å². The maximum atomic E-state index is 10.7. The monoisotopic (exact) mass is 197 g/mol. The number of hydrogen-bond acceptors (Lipinski definition) is 4. The van der Waals surface area contributed by atoms with Crippen molar-refractivity contribution in [3.05, 3.63) is 0 Å². The molecule has 0 aliphatic carbocycles. The summed E-state index contributed by atoms with van der Waals surface area (Å²) in [6, 6.07) is -0.349. The lowest BCUT2D eigenvalue weighted by Gasteiger charge is -2.17. The van der Waals surface area contributed by atoms with Gasteiger partial charge in [0.1, 0.15) is 0 Å². The SMILES string of the molecule is COCC(N)CN(C)S(N)(=O)=O. The molecule has 0 fully saturated rings. The van der Waals surface area contributed by atoms with Crippen LogP contribution in [0.3, 0.4) is 0 Å². The third kappa shape index (κ3) is 4.62. The third-order valence-electron chi connectivity index (χ3n) is 1.31. The fourth-order valence-corrected chi connectivity index (χ4v) is 1.10. The maximum absolute atomic E-state index is 10.7. The van der Waals surface area contributed by atoms with E-state index in [1.165, 1.54) is 14.2 Å². The lowest BCUT2D eigenvalue weighted by molar-refractivity contribution is 0.173. The van der Waals surface area contributed by atoms with Crippen LogP contribution in [0.25, 0.3) is 0 Å². The topological polar surface area (TPSA) is 98.7 Å². The Kier molecular flexibility index (Phi) is 4.64. The summed E-state index contributed by atoms with van der Waals surface area (Å²) in [7, 11) is -0.756. The van der Waals surface area contributed by atoms with Crippen molar-refractivity contribution in [2.24, 2.45) is 10.9 Å². The quantitative estimate of drug-likeness (QED) is 0.537. The zero-order chi connectivity index (χ0) is 9.78. The van der Waals surface area contributed by atoms with Gasteiger partial charge in [0.05, 0.1) is 6.61 Å². The van der Waals surface area contributed by atoms with Crippen molar-refractivity contribution in [2.75, 3.05) is 27.3 Å². The first-order valence-electron chi connectivity index (χ1n) is 3.36. The van der Waals surface area contributed by atoms with Gasteiger partial charge in [-0.2, -0.15) is 12.7 Å². The molecule has 0 rings (SSSR count). The minimum absolute atomic E-state index is 0.159. The van der Waals surface area contributed by atoms with Gasteiger partial charge in [-0.15, -0.1) is 0 Å². The molecule has 0 spiro atoms.